The molecule has 0 aliphatic rings. The molecule has 0 amide bonds. The molecule has 0 spiro atoms. The van der Waals surface area contributed by atoms with Gasteiger partial charge in [0.25, 0.3) is 0 Å². The second-order valence-electron chi connectivity index (χ2n) is 2.73. The van der Waals surface area contributed by atoms with E-state index in [0.29, 0.717) is 0 Å². The monoisotopic (exact) mass is 209 g/mol. The molecule has 0 aliphatic carbocycles. The van der Waals surface area contributed by atoms with Gasteiger partial charge in [-0.3, -0.25) is 4.98 Å². The van der Waals surface area contributed by atoms with Crippen molar-refractivity contribution < 1.29 is 22.7 Å². The lowest BCUT2D eigenvalue weighted by Crippen LogP contribution is -2.30. The Labute approximate surface area is 77.2 Å². The van der Waals surface area contributed by atoms with Gasteiger partial charge in [-0.05, 0) is 12.1 Å². The van der Waals surface area contributed by atoms with Crippen LogP contribution in [-0.2, 0) is 6.42 Å². The summed E-state index contributed by atoms with van der Waals surface area (Å²) in [6, 6.07) is 1.87. The summed E-state index contributed by atoms with van der Waals surface area (Å²) in [5, 5.41) is 8.64. The van der Waals surface area contributed by atoms with Crippen molar-refractivity contribution in [2.45, 2.75) is 18.7 Å². The van der Waals surface area contributed by atoms with E-state index in [1.165, 1.54) is 0 Å². The van der Waals surface area contributed by atoms with Crippen molar-refractivity contribution in [3.63, 3.8) is 0 Å². The van der Waals surface area contributed by atoms with Crippen LogP contribution in [0.15, 0.2) is 18.3 Å². The zero-order valence-electron chi connectivity index (χ0n) is 6.92. The molecular weight excluding hydrogens is 202 g/mol. The molecule has 1 aromatic rings. The Morgan fingerprint density at radius 3 is 2.57 bits per heavy atom. The van der Waals surface area contributed by atoms with Gasteiger partial charge in [-0.25, -0.2) is 4.39 Å². The molecule has 0 aliphatic heterocycles. The third-order valence-electron chi connectivity index (χ3n) is 1.56. The largest absolute Gasteiger partial charge is 0.414 e. The van der Waals surface area contributed by atoms with Crippen LogP contribution in [0.5, 0.6) is 0 Å². The Morgan fingerprint density at radius 1 is 1.43 bits per heavy atom. The van der Waals surface area contributed by atoms with Crippen LogP contribution in [0.2, 0.25) is 0 Å². The first-order chi connectivity index (χ1) is 6.39. The van der Waals surface area contributed by atoms with E-state index in [9.17, 15) is 17.6 Å². The van der Waals surface area contributed by atoms with E-state index >= 15 is 0 Å². The number of aliphatic hydroxyl groups excluding tert-OH is 1. The fourth-order valence-electron chi connectivity index (χ4n) is 0.874. The number of pyridine rings is 1. The molecule has 1 aromatic heterocycles. The van der Waals surface area contributed by atoms with Gasteiger partial charge in [0.15, 0.2) is 6.10 Å². The smallest absolute Gasteiger partial charge is 0.383 e. The minimum absolute atomic E-state index is 0.130. The van der Waals surface area contributed by atoms with Gasteiger partial charge in [-0.1, -0.05) is 0 Å². The van der Waals surface area contributed by atoms with Gasteiger partial charge in [-0.2, -0.15) is 13.2 Å². The minimum atomic E-state index is -4.70. The highest BCUT2D eigenvalue weighted by Crippen LogP contribution is 2.22. The molecule has 0 fully saturated rings. The maximum atomic E-state index is 12.5. The maximum absolute atomic E-state index is 12.5. The molecule has 6 heteroatoms. The number of rotatable bonds is 2. The second kappa shape index (κ2) is 3.91. The molecule has 0 saturated carbocycles. The fraction of sp³-hybridized carbons (Fsp3) is 0.375. The maximum Gasteiger partial charge on any atom is 0.414 e. The molecular formula is C8H7F4NO. The van der Waals surface area contributed by atoms with Crippen LogP contribution in [-0.4, -0.2) is 22.4 Å². The van der Waals surface area contributed by atoms with E-state index in [1.807, 2.05) is 0 Å². The minimum Gasteiger partial charge on any atom is -0.383 e. The summed E-state index contributed by atoms with van der Waals surface area (Å²) in [6.45, 7) is 0. The van der Waals surface area contributed by atoms with Crippen LogP contribution in [0.4, 0.5) is 17.6 Å². The van der Waals surface area contributed by atoms with E-state index in [-0.39, 0.29) is 5.69 Å². The van der Waals surface area contributed by atoms with Gasteiger partial charge in [-0.15, -0.1) is 0 Å². The quantitative estimate of drug-likeness (QED) is 0.752. The third kappa shape index (κ3) is 2.95. The van der Waals surface area contributed by atoms with Crippen LogP contribution in [0.3, 0.4) is 0 Å². The van der Waals surface area contributed by atoms with E-state index in [2.05, 4.69) is 4.98 Å². The topological polar surface area (TPSA) is 33.1 Å². The molecule has 1 unspecified atom stereocenters. The Bertz CT molecular complexity index is 312. The van der Waals surface area contributed by atoms with Crippen molar-refractivity contribution in [1.29, 1.82) is 0 Å². The summed E-state index contributed by atoms with van der Waals surface area (Å²) in [4.78, 5) is 3.49. The number of alkyl halides is 3. The number of aromatic nitrogens is 1. The van der Waals surface area contributed by atoms with Crippen molar-refractivity contribution in [3.8, 4) is 0 Å². The predicted octanol–water partition coefficient (Wildman–Crippen LogP) is 1.69. The first kappa shape index (κ1) is 10.9. The summed E-state index contributed by atoms with van der Waals surface area (Å²) in [5.74, 6) is -0.677. The molecule has 1 atom stereocenters. The van der Waals surface area contributed by atoms with Crippen molar-refractivity contribution >= 4 is 0 Å². The summed E-state index contributed by atoms with van der Waals surface area (Å²) in [7, 11) is 0. The number of hydrogen-bond acceptors (Lipinski definition) is 2. The standard InChI is InChI=1S/C8H7F4NO/c9-5-1-2-13-6(3-5)4-7(14)8(10,11)12/h1-3,7,14H,4H2. The summed E-state index contributed by atoms with van der Waals surface area (Å²) < 4.78 is 48.1. The molecule has 14 heavy (non-hydrogen) atoms. The highest BCUT2D eigenvalue weighted by molar-refractivity contribution is 5.07. The average molecular weight is 209 g/mol. The van der Waals surface area contributed by atoms with Gasteiger partial charge < -0.3 is 5.11 Å². The zero-order valence-corrected chi connectivity index (χ0v) is 6.92. The lowest BCUT2D eigenvalue weighted by Gasteiger charge is -2.13. The van der Waals surface area contributed by atoms with E-state index in [4.69, 9.17) is 5.11 Å². The molecule has 0 radical (unpaired) electrons. The molecule has 0 saturated heterocycles. The molecule has 1 rings (SSSR count). The lowest BCUT2D eigenvalue weighted by molar-refractivity contribution is -0.203. The number of halogens is 4. The highest BCUT2D eigenvalue weighted by atomic mass is 19.4. The molecule has 1 heterocycles. The van der Waals surface area contributed by atoms with E-state index in [1.54, 1.807) is 0 Å². The SMILES string of the molecule is OC(Cc1cc(F)ccn1)C(F)(F)F. The molecule has 1 N–H and O–H groups in total. The number of hydrogen-bond donors (Lipinski definition) is 1. The highest BCUT2D eigenvalue weighted by Gasteiger charge is 2.38. The van der Waals surface area contributed by atoms with Gasteiger partial charge in [0.2, 0.25) is 0 Å². The van der Waals surface area contributed by atoms with Gasteiger partial charge in [0, 0.05) is 18.3 Å². The van der Waals surface area contributed by atoms with Gasteiger partial charge >= 0.3 is 6.18 Å². The normalized spacial score (nSPS) is 14.1. The van der Waals surface area contributed by atoms with E-state index < -0.39 is 24.5 Å². The van der Waals surface area contributed by atoms with Crippen molar-refractivity contribution in [1.82, 2.24) is 4.98 Å². The van der Waals surface area contributed by atoms with E-state index in [0.717, 1.165) is 18.3 Å². The molecule has 78 valence electrons. The molecule has 2 nitrogen and oxygen atoms in total. The van der Waals surface area contributed by atoms with Gasteiger partial charge in [0.05, 0.1) is 0 Å². The molecule has 0 aromatic carbocycles. The average Bonchev–Trinajstić information content (AvgIpc) is 2.02. The van der Waals surface area contributed by atoms with Crippen LogP contribution < -0.4 is 0 Å². The summed E-state index contributed by atoms with van der Waals surface area (Å²) in [5.41, 5.74) is -0.130. The Hall–Kier alpha value is -1.17. The fourth-order valence-corrected chi connectivity index (χ4v) is 0.874. The number of aliphatic hydroxyl groups is 1. The Kier molecular flexibility index (Phi) is 3.05. The summed E-state index contributed by atoms with van der Waals surface area (Å²) in [6.07, 6.45) is -6.89. The predicted molar refractivity (Wildman–Crippen MR) is 40.0 cm³/mol. The first-order valence-corrected chi connectivity index (χ1v) is 3.75. The first-order valence-electron chi connectivity index (χ1n) is 3.75. The Balaban J connectivity index is 2.70. The zero-order chi connectivity index (χ0) is 10.8. The van der Waals surface area contributed by atoms with Crippen molar-refractivity contribution in [2.75, 3.05) is 0 Å². The van der Waals surface area contributed by atoms with Crippen molar-refractivity contribution in [3.05, 3.63) is 29.8 Å². The number of nitrogens with zero attached hydrogens (tertiary/aromatic N) is 1. The van der Waals surface area contributed by atoms with Crippen LogP contribution in [0.1, 0.15) is 5.69 Å². The van der Waals surface area contributed by atoms with Crippen LogP contribution in [0.25, 0.3) is 0 Å². The summed E-state index contributed by atoms with van der Waals surface area (Å²) >= 11 is 0. The second-order valence-corrected chi connectivity index (χ2v) is 2.73. The third-order valence-corrected chi connectivity index (χ3v) is 1.56. The van der Waals surface area contributed by atoms with Crippen LogP contribution >= 0.6 is 0 Å². The Morgan fingerprint density at radius 2 is 2.07 bits per heavy atom. The molecule has 0 bridgehead atoms. The van der Waals surface area contributed by atoms with Crippen molar-refractivity contribution in [2.24, 2.45) is 0 Å². The lowest BCUT2D eigenvalue weighted by atomic mass is 10.2. The van der Waals surface area contributed by atoms with Gasteiger partial charge in [0.1, 0.15) is 5.82 Å². The van der Waals surface area contributed by atoms with Crippen LogP contribution in [0, 0.1) is 5.82 Å².